The second-order valence-corrected chi connectivity index (χ2v) is 5.90. The monoisotopic (exact) mass is 503 g/mol. The zero-order chi connectivity index (χ0) is 19.3. The SMILES string of the molecule is CCOCCCNC(=NCc1ccc(OC)cc1)NCCc1nc(C)no1.I. The fourth-order valence-corrected chi connectivity index (χ4v) is 2.33. The van der Waals surface area contributed by atoms with E-state index in [9.17, 15) is 0 Å². The molecule has 1 aromatic carbocycles. The van der Waals surface area contributed by atoms with Gasteiger partial charge in [-0.15, -0.1) is 24.0 Å². The van der Waals surface area contributed by atoms with Crippen LogP contribution in [-0.4, -0.2) is 49.5 Å². The van der Waals surface area contributed by atoms with E-state index in [0.717, 1.165) is 43.5 Å². The van der Waals surface area contributed by atoms with Crippen LogP contribution in [0.25, 0.3) is 0 Å². The highest BCUT2D eigenvalue weighted by Crippen LogP contribution is 2.11. The van der Waals surface area contributed by atoms with E-state index in [1.54, 1.807) is 7.11 Å². The Bertz CT molecular complexity index is 691. The van der Waals surface area contributed by atoms with E-state index in [1.807, 2.05) is 38.1 Å². The van der Waals surface area contributed by atoms with E-state index in [0.29, 0.717) is 31.2 Å². The Kier molecular flexibility index (Phi) is 12.2. The van der Waals surface area contributed by atoms with Gasteiger partial charge in [0.15, 0.2) is 11.8 Å². The number of hydrogen-bond acceptors (Lipinski definition) is 6. The summed E-state index contributed by atoms with van der Waals surface area (Å²) in [5.74, 6) is 2.85. The van der Waals surface area contributed by atoms with Crippen molar-refractivity contribution in [3.05, 3.63) is 41.5 Å². The lowest BCUT2D eigenvalue weighted by atomic mass is 10.2. The molecule has 0 saturated heterocycles. The number of guanidine groups is 1. The zero-order valence-corrected chi connectivity index (χ0v) is 19.1. The summed E-state index contributed by atoms with van der Waals surface area (Å²) in [5, 5.41) is 10.4. The number of aryl methyl sites for hydroxylation is 1. The van der Waals surface area contributed by atoms with Crippen molar-refractivity contribution in [2.24, 2.45) is 4.99 Å². The second kappa shape index (κ2) is 14.2. The Morgan fingerprint density at radius 1 is 1.18 bits per heavy atom. The zero-order valence-electron chi connectivity index (χ0n) is 16.7. The highest BCUT2D eigenvalue weighted by atomic mass is 127. The first kappa shape index (κ1) is 24.2. The van der Waals surface area contributed by atoms with E-state index in [2.05, 4.69) is 25.8 Å². The minimum absolute atomic E-state index is 0. The van der Waals surface area contributed by atoms with Gasteiger partial charge in [0.2, 0.25) is 5.89 Å². The molecular formula is C19H30IN5O3. The number of hydrogen-bond donors (Lipinski definition) is 2. The smallest absolute Gasteiger partial charge is 0.228 e. The van der Waals surface area contributed by atoms with Gasteiger partial charge in [0, 0.05) is 32.7 Å². The average molecular weight is 503 g/mol. The molecule has 1 aromatic heterocycles. The molecule has 2 rings (SSSR count). The fourth-order valence-electron chi connectivity index (χ4n) is 2.33. The molecule has 0 radical (unpaired) electrons. The molecule has 8 nitrogen and oxygen atoms in total. The summed E-state index contributed by atoms with van der Waals surface area (Å²) >= 11 is 0. The molecule has 0 atom stereocenters. The number of aromatic nitrogens is 2. The van der Waals surface area contributed by atoms with Gasteiger partial charge in [0.25, 0.3) is 0 Å². The standard InChI is InChI=1S/C19H29N5O3.HI/c1-4-26-13-5-11-20-19(21-12-10-18-23-15(2)24-27-18)22-14-16-6-8-17(25-3)9-7-16;/h6-9H,4-5,10-14H2,1-3H3,(H2,20,21,22);1H. The first-order chi connectivity index (χ1) is 13.2. The third-order valence-electron chi connectivity index (χ3n) is 3.74. The van der Waals surface area contributed by atoms with E-state index in [1.165, 1.54) is 0 Å². The summed E-state index contributed by atoms with van der Waals surface area (Å²) in [5.41, 5.74) is 1.11. The van der Waals surface area contributed by atoms with Crippen LogP contribution in [0.2, 0.25) is 0 Å². The van der Waals surface area contributed by atoms with Gasteiger partial charge in [-0.2, -0.15) is 4.98 Å². The number of methoxy groups -OCH3 is 1. The maximum absolute atomic E-state index is 5.37. The van der Waals surface area contributed by atoms with Crippen LogP contribution in [0.1, 0.15) is 30.6 Å². The van der Waals surface area contributed by atoms with Crippen molar-refractivity contribution in [1.82, 2.24) is 20.8 Å². The third-order valence-corrected chi connectivity index (χ3v) is 3.74. The number of aliphatic imine (C=N–C) groups is 1. The summed E-state index contributed by atoms with van der Waals surface area (Å²) in [4.78, 5) is 8.86. The number of benzene rings is 1. The second-order valence-electron chi connectivity index (χ2n) is 5.90. The molecule has 9 heteroatoms. The molecule has 0 saturated carbocycles. The Balaban J connectivity index is 0.00000392. The number of halogens is 1. The van der Waals surface area contributed by atoms with Gasteiger partial charge in [-0.3, -0.25) is 0 Å². The summed E-state index contributed by atoms with van der Waals surface area (Å²) in [7, 11) is 1.66. The minimum atomic E-state index is 0. The lowest BCUT2D eigenvalue weighted by Crippen LogP contribution is -2.39. The first-order valence-electron chi connectivity index (χ1n) is 9.23. The lowest BCUT2D eigenvalue weighted by Gasteiger charge is -2.12. The highest BCUT2D eigenvalue weighted by molar-refractivity contribution is 14.0. The number of rotatable bonds is 11. The van der Waals surface area contributed by atoms with Crippen LogP contribution < -0.4 is 15.4 Å². The predicted octanol–water partition coefficient (Wildman–Crippen LogP) is 2.71. The van der Waals surface area contributed by atoms with E-state index in [4.69, 9.17) is 14.0 Å². The van der Waals surface area contributed by atoms with Crippen LogP contribution in [0.4, 0.5) is 0 Å². The van der Waals surface area contributed by atoms with Crippen molar-refractivity contribution in [3.63, 3.8) is 0 Å². The molecule has 28 heavy (non-hydrogen) atoms. The lowest BCUT2D eigenvalue weighted by molar-refractivity contribution is 0.145. The predicted molar refractivity (Wildman–Crippen MR) is 119 cm³/mol. The summed E-state index contributed by atoms with van der Waals surface area (Å²) in [6, 6.07) is 7.89. The van der Waals surface area contributed by atoms with Gasteiger partial charge in [-0.1, -0.05) is 17.3 Å². The van der Waals surface area contributed by atoms with Crippen molar-refractivity contribution in [2.75, 3.05) is 33.4 Å². The minimum Gasteiger partial charge on any atom is -0.497 e. The Morgan fingerprint density at radius 2 is 1.93 bits per heavy atom. The van der Waals surface area contributed by atoms with E-state index in [-0.39, 0.29) is 24.0 Å². The van der Waals surface area contributed by atoms with Gasteiger partial charge in [0.05, 0.1) is 13.7 Å². The molecule has 0 unspecified atom stereocenters. The quantitative estimate of drug-likeness (QED) is 0.211. The van der Waals surface area contributed by atoms with Crippen LogP contribution in [0.3, 0.4) is 0 Å². The average Bonchev–Trinajstić information content (AvgIpc) is 3.11. The van der Waals surface area contributed by atoms with Crippen molar-refractivity contribution >= 4 is 29.9 Å². The first-order valence-corrected chi connectivity index (χ1v) is 9.23. The van der Waals surface area contributed by atoms with Crippen LogP contribution in [0.5, 0.6) is 5.75 Å². The maximum atomic E-state index is 5.37. The van der Waals surface area contributed by atoms with Gasteiger partial charge >= 0.3 is 0 Å². The Hall–Kier alpha value is -1.88. The molecule has 2 aromatic rings. The van der Waals surface area contributed by atoms with Gasteiger partial charge in [0.1, 0.15) is 5.75 Å². The van der Waals surface area contributed by atoms with Crippen LogP contribution in [0, 0.1) is 6.92 Å². The van der Waals surface area contributed by atoms with Gasteiger partial charge in [-0.25, -0.2) is 4.99 Å². The molecular weight excluding hydrogens is 473 g/mol. The molecule has 1 heterocycles. The molecule has 0 amide bonds. The normalized spacial score (nSPS) is 11.0. The molecule has 0 aliphatic carbocycles. The maximum Gasteiger partial charge on any atom is 0.228 e. The summed E-state index contributed by atoms with van der Waals surface area (Å²) in [6.07, 6.45) is 1.56. The molecule has 156 valence electrons. The van der Waals surface area contributed by atoms with E-state index < -0.39 is 0 Å². The molecule has 0 aliphatic rings. The molecule has 0 bridgehead atoms. The molecule has 0 spiro atoms. The van der Waals surface area contributed by atoms with Crippen molar-refractivity contribution in [2.45, 2.75) is 33.2 Å². The number of ether oxygens (including phenoxy) is 2. The van der Waals surface area contributed by atoms with Crippen LogP contribution in [0.15, 0.2) is 33.8 Å². The van der Waals surface area contributed by atoms with Crippen LogP contribution >= 0.6 is 24.0 Å². The number of nitrogens with zero attached hydrogens (tertiary/aromatic N) is 3. The van der Waals surface area contributed by atoms with Crippen LogP contribution in [-0.2, 0) is 17.7 Å². The fraction of sp³-hybridized carbons (Fsp3) is 0.526. The third kappa shape index (κ3) is 9.36. The largest absolute Gasteiger partial charge is 0.497 e. The van der Waals surface area contributed by atoms with Gasteiger partial charge < -0.3 is 24.6 Å². The van der Waals surface area contributed by atoms with Crippen molar-refractivity contribution in [1.29, 1.82) is 0 Å². The van der Waals surface area contributed by atoms with Gasteiger partial charge in [-0.05, 0) is 38.0 Å². The highest BCUT2D eigenvalue weighted by Gasteiger charge is 2.04. The van der Waals surface area contributed by atoms with E-state index >= 15 is 0 Å². The molecule has 0 aliphatic heterocycles. The summed E-state index contributed by atoms with van der Waals surface area (Å²) in [6.45, 7) is 7.29. The number of nitrogens with one attached hydrogen (secondary N) is 2. The Morgan fingerprint density at radius 3 is 2.57 bits per heavy atom. The van der Waals surface area contributed by atoms with Crippen molar-refractivity contribution in [3.8, 4) is 5.75 Å². The molecule has 0 fully saturated rings. The molecule has 2 N–H and O–H groups in total. The topological polar surface area (TPSA) is 93.8 Å². The Labute approximate surface area is 183 Å². The van der Waals surface area contributed by atoms with Crippen molar-refractivity contribution < 1.29 is 14.0 Å². The summed E-state index contributed by atoms with van der Waals surface area (Å²) < 4.78 is 15.7.